The van der Waals surface area contributed by atoms with E-state index >= 15 is 0 Å². The number of carbonyl (C=O) groups excluding carboxylic acids is 1. The predicted molar refractivity (Wildman–Crippen MR) is 175 cm³/mol. The van der Waals surface area contributed by atoms with Gasteiger partial charge in [0.1, 0.15) is 5.82 Å². The Labute approximate surface area is 253 Å². The molecule has 7 heteroatoms. The van der Waals surface area contributed by atoms with Gasteiger partial charge in [0.25, 0.3) is 5.91 Å². The van der Waals surface area contributed by atoms with Crippen LogP contribution in [0.3, 0.4) is 0 Å². The Morgan fingerprint density at radius 2 is 1.72 bits per heavy atom. The van der Waals surface area contributed by atoms with E-state index in [0.29, 0.717) is 37.3 Å². The van der Waals surface area contributed by atoms with Gasteiger partial charge in [0.15, 0.2) is 0 Å². The Balaban J connectivity index is 1.17. The Bertz CT molecular complexity index is 1610. The number of nitrogens with one attached hydrogen (secondary N) is 3. The average molecular weight is 576 g/mol. The van der Waals surface area contributed by atoms with Gasteiger partial charge in [-0.1, -0.05) is 60.2 Å². The molecule has 3 N–H and O–H groups in total. The number of likely N-dealkylation sites (tertiary alicyclic amines) is 1. The van der Waals surface area contributed by atoms with Gasteiger partial charge >= 0.3 is 0 Å². The number of hydrogen-bond donors (Lipinski definition) is 3. The number of anilines is 2. The summed E-state index contributed by atoms with van der Waals surface area (Å²) in [6, 6.07) is 28.2. The Morgan fingerprint density at radius 1 is 0.953 bits per heavy atom. The molecule has 5 rings (SSSR count). The van der Waals surface area contributed by atoms with Gasteiger partial charge in [-0.2, -0.15) is 0 Å². The van der Waals surface area contributed by atoms with Crippen LogP contribution in [0.15, 0.2) is 96.0 Å². The zero-order valence-electron chi connectivity index (χ0n) is 24.7. The molecule has 4 aromatic rings. The van der Waals surface area contributed by atoms with Gasteiger partial charge in [-0.05, 0) is 73.2 Å². The molecule has 0 unspecified atom stereocenters. The van der Waals surface area contributed by atoms with Crippen LogP contribution >= 0.6 is 0 Å². The maximum Gasteiger partial charge on any atom is 0.253 e. The fourth-order valence-corrected chi connectivity index (χ4v) is 5.35. The molecule has 1 amide bonds. The molecule has 0 aliphatic carbocycles. The van der Waals surface area contributed by atoms with E-state index in [1.54, 1.807) is 6.07 Å². The van der Waals surface area contributed by atoms with Crippen LogP contribution < -0.4 is 10.6 Å². The van der Waals surface area contributed by atoms with Crippen LogP contribution in [0.5, 0.6) is 0 Å². The van der Waals surface area contributed by atoms with Gasteiger partial charge in [0, 0.05) is 61.8 Å². The van der Waals surface area contributed by atoms with E-state index in [9.17, 15) is 9.18 Å². The Hall–Kier alpha value is -4.78. The highest BCUT2D eigenvalue weighted by molar-refractivity contribution is 6.06. The van der Waals surface area contributed by atoms with Crippen LogP contribution in [0.2, 0.25) is 0 Å². The predicted octanol–water partition coefficient (Wildman–Crippen LogP) is 7.65. The number of aliphatic imine (C=N–C) groups is 1. The number of piperidine rings is 1. The van der Waals surface area contributed by atoms with Gasteiger partial charge in [0.05, 0.1) is 11.4 Å². The molecule has 1 aliphatic heterocycles. The fraction of sp³-hybridized carbons (Fsp3) is 0.250. The third-order valence-electron chi connectivity index (χ3n) is 7.89. The van der Waals surface area contributed by atoms with Crippen LogP contribution in [0.1, 0.15) is 45.5 Å². The smallest absolute Gasteiger partial charge is 0.253 e. The van der Waals surface area contributed by atoms with Gasteiger partial charge in [0.2, 0.25) is 0 Å². The number of benzene rings is 4. The highest BCUT2D eigenvalue weighted by Crippen LogP contribution is 2.27. The molecule has 220 valence electrons. The number of carbonyl (C=O) groups is 1. The van der Waals surface area contributed by atoms with E-state index in [1.807, 2.05) is 66.7 Å². The summed E-state index contributed by atoms with van der Waals surface area (Å²) < 4.78 is 13.5. The first-order valence-electron chi connectivity index (χ1n) is 14.8. The molecule has 0 bridgehead atoms. The van der Waals surface area contributed by atoms with E-state index in [4.69, 9.17) is 10.4 Å². The summed E-state index contributed by atoms with van der Waals surface area (Å²) in [4.78, 5) is 20.1. The highest BCUT2D eigenvalue weighted by atomic mass is 19.1. The topological polar surface area (TPSA) is 80.6 Å². The van der Waals surface area contributed by atoms with Gasteiger partial charge in [-0.15, -0.1) is 0 Å². The lowest BCUT2D eigenvalue weighted by Crippen LogP contribution is -2.38. The van der Waals surface area contributed by atoms with Gasteiger partial charge in [-0.3, -0.25) is 9.79 Å². The van der Waals surface area contributed by atoms with E-state index < -0.39 is 0 Å². The third-order valence-corrected chi connectivity index (χ3v) is 7.89. The SMILES string of the molecule is CNc1cc(C(=O)N2CCC(C=Nc3ccccc3NCc3cccc(F)c3)CC2)ccc1C(=N)Cc1ccc(C)cc1. The summed E-state index contributed by atoms with van der Waals surface area (Å²) in [7, 11) is 1.83. The van der Waals surface area contributed by atoms with Crippen molar-refractivity contribution in [1.29, 1.82) is 5.41 Å². The fourth-order valence-electron chi connectivity index (χ4n) is 5.35. The first-order chi connectivity index (χ1) is 20.9. The standard InChI is InChI=1S/C36H38FN5O/c1-25-10-12-26(13-11-25)21-32(38)31-15-14-29(22-35(31)39-2)36(43)42-18-16-27(17-19-42)23-40-33-8-3-4-9-34(33)41-24-28-6-5-7-30(37)20-28/h3-15,20,22-23,27,38-39,41H,16-19,21,24H2,1-2H3. The van der Waals surface area contributed by atoms with Crippen molar-refractivity contribution in [2.24, 2.45) is 10.9 Å². The zero-order chi connectivity index (χ0) is 30.2. The maximum absolute atomic E-state index is 13.5. The second kappa shape index (κ2) is 13.9. The lowest BCUT2D eigenvalue weighted by molar-refractivity contribution is 0.0711. The van der Waals surface area contributed by atoms with Crippen molar-refractivity contribution in [2.75, 3.05) is 30.8 Å². The minimum atomic E-state index is -0.246. The van der Waals surface area contributed by atoms with Crippen molar-refractivity contribution in [3.8, 4) is 0 Å². The van der Waals surface area contributed by atoms with Crippen LogP contribution in [0.25, 0.3) is 0 Å². The van der Waals surface area contributed by atoms with E-state index in [1.165, 1.54) is 17.7 Å². The summed E-state index contributed by atoms with van der Waals surface area (Å²) >= 11 is 0. The number of amides is 1. The molecule has 1 heterocycles. The summed E-state index contributed by atoms with van der Waals surface area (Å²) in [6.07, 6.45) is 4.21. The van der Waals surface area contributed by atoms with E-state index in [2.05, 4.69) is 41.8 Å². The summed E-state index contributed by atoms with van der Waals surface area (Å²) in [5.74, 6) is 0.0394. The first-order valence-corrected chi connectivity index (χ1v) is 14.8. The Morgan fingerprint density at radius 3 is 2.47 bits per heavy atom. The van der Waals surface area contributed by atoms with E-state index in [0.717, 1.165) is 46.6 Å². The minimum Gasteiger partial charge on any atom is -0.388 e. The average Bonchev–Trinajstić information content (AvgIpc) is 3.04. The molecule has 0 radical (unpaired) electrons. The lowest BCUT2D eigenvalue weighted by Gasteiger charge is -2.30. The molecule has 0 atom stereocenters. The number of hydrogen-bond acceptors (Lipinski definition) is 5. The van der Waals surface area contributed by atoms with Crippen molar-refractivity contribution in [2.45, 2.75) is 32.7 Å². The van der Waals surface area contributed by atoms with Crippen molar-refractivity contribution < 1.29 is 9.18 Å². The minimum absolute atomic E-state index is 0.00963. The number of rotatable bonds is 10. The van der Waals surface area contributed by atoms with E-state index in [-0.39, 0.29) is 17.6 Å². The highest BCUT2D eigenvalue weighted by Gasteiger charge is 2.24. The molecule has 1 saturated heterocycles. The third kappa shape index (κ3) is 7.74. The molecule has 1 fully saturated rings. The lowest BCUT2D eigenvalue weighted by atomic mass is 9.96. The first kappa shape index (κ1) is 29.7. The molecule has 4 aromatic carbocycles. The molecule has 43 heavy (non-hydrogen) atoms. The van der Waals surface area contributed by atoms with Crippen molar-refractivity contribution in [3.05, 3.63) is 125 Å². The Kier molecular flexibility index (Phi) is 9.62. The van der Waals surface area contributed by atoms with Crippen molar-refractivity contribution >= 4 is 34.9 Å². The van der Waals surface area contributed by atoms with Crippen LogP contribution in [0.4, 0.5) is 21.5 Å². The van der Waals surface area contributed by atoms with Crippen molar-refractivity contribution in [3.63, 3.8) is 0 Å². The molecule has 0 spiro atoms. The molecule has 0 saturated carbocycles. The molecule has 6 nitrogen and oxygen atoms in total. The van der Waals surface area contributed by atoms with Crippen LogP contribution in [-0.2, 0) is 13.0 Å². The quantitative estimate of drug-likeness (QED) is 0.170. The largest absolute Gasteiger partial charge is 0.388 e. The number of para-hydroxylation sites is 2. The molecule has 1 aliphatic rings. The van der Waals surface area contributed by atoms with Crippen LogP contribution in [-0.4, -0.2) is 42.9 Å². The summed E-state index contributed by atoms with van der Waals surface area (Å²) in [5.41, 5.74) is 7.62. The zero-order valence-corrected chi connectivity index (χ0v) is 24.7. The van der Waals surface area contributed by atoms with Gasteiger partial charge < -0.3 is 20.9 Å². The monoisotopic (exact) mass is 575 g/mol. The molecular formula is C36H38FN5O. The molecular weight excluding hydrogens is 537 g/mol. The number of halogens is 1. The maximum atomic E-state index is 13.5. The number of aryl methyl sites for hydroxylation is 1. The van der Waals surface area contributed by atoms with Gasteiger partial charge in [-0.25, -0.2) is 4.39 Å². The summed E-state index contributed by atoms with van der Waals surface area (Å²) in [5, 5.41) is 15.2. The molecule has 0 aromatic heterocycles. The number of nitrogens with zero attached hydrogens (tertiary/aromatic N) is 2. The summed E-state index contributed by atoms with van der Waals surface area (Å²) in [6.45, 7) is 3.89. The normalized spacial score (nSPS) is 13.7. The second-order valence-electron chi connectivity index (χ2n) is 11.1. The second-order valence-corrected chi connectivity index (χ2v) is 11.1. The van der Waals surface area contributed by atoms with Crippen molar-refractivity contribution in [1.82, 2.24) is 4.90 Å². The van der Waals surface area contributed by atoms with Crippen LogP contribution in [0, 0.1) is 24.1 Å².